The van der Waals surface area contributed by atoms with E-state index in [1.807, 2.05) is 66.4 Å². The van der Waals surface area contributed by atoms with E-state index in [9.17, 15) is 10.1 Å². The largest absolute Gasteiger partial charge is 0.347 e. The van der Waals surface area contributed by atoms with Crippen LogP contribution in [0.1, 0.15) is 31.9 Å². The summed E-state index contributed by atoms with van der Waals surface area (Å²) in [6.45, 7) is 6.76. The Hall–Kier alpha value is -3.06. The number of anilines is 2. The lowest BCUT2D eigenvalue weighted by Gasteiger charge is -2.19. The van der Waals surface area contributed by atoms with Gasteiger partial charge in [-0.15, -0.1) is 0 Å². The molecule has 0 spiro atoms. The lowest BCUT2D eigenvalue weighted by atomic mass is 10.0. The van der Waals surface area contributed by atoms with Crippen molar-refractivity contribution in [1.29, 1.82) is 5.26 Å². The molecule has 2 aromatic carbocycles. The first-order valence-corrected chi connectivity index (χ1v) is 9.00. The number of aryl methyl sites for hydroxylation is 2. The highest BCUT2D eigenvalue weighted by Crippen LogP contribution is 2.23. The smallest absolute Gasteiger partial charge is 0.267 e. The van der Waals surface area contributed by atoms with Crippen LogP contribution >= 0.6 is 0 Å². The zero-order valence-corrected chi connectivity index (χ0v) is 15.6. The molecule has 0 saturated carbocycles. The van der Waals surface area contributed by atoms with E-state index in [1.165, 1.54) is 0 Å². The highest BCUT2D eigenvalue weighted by Gasteiger charge is 2.15. The highest BCUT2D eigenvalue weighted by molar-refractivity contribution is 6.07. The maximum Gasteiger partial charge on any atom is 0.267 e. The lowest BCUT2D eigenvalue weighted by molar-refractivity contribution is -0.112. The number of hydrogen-bond acceptors (Lipinski definition) is 3. The summed E-state index contributed by atoms with van der Waals surface area (Å²) in [6.07, 6.45) is 3.26. The number of nitriles is 1. The normalized spacial score (nSPS) is 10.9. The fourth-order valence-electron chi connectivity index (χ4n) is 2.85. The van der Waals surface area contributed by atoms with Gasteiger partial charge in [0.2, 0.25) is 0 Å². The summed E-state index contributed by atoms with van der Waals surface area (Å²) in [5.74, 6) is -0.377. The second-order valence-corrected chi connectivity index (χ2v) is 5.89. The summed E-state index contributed by atoms with van der Waals surface area (Å²) in [5, 5.41) is 12.5. The zero-order valence-electron chi connectivity index (χ0n) is 15.6. The predicted octanol–water partition coefficient (Wildman–Crippen LogP) is 4.68. The molecule has 1 N–H and O–H groups in total. The molecule has 0 aromatic heterocycles. The minimum absolute atomic E-state index is 0.0867. The first-order valence-electron chi connectivity index (χ1n) is 9.00. The van der Waals surface area contributed by atoms with Gasteiger partial charge in [0, 0.05) is 24.1 Å². The summed E-state index contributed by atoms with van der Waals surface area (Å²) < 4.78 is 0. The number of para-hydroxylation sites is 2. The molecule has 0 aliphatic heterocycles. The van der Waals surface area contributed by atoms with E-state index in [0.717, 1.165) is 35.3 Å². The molecule has 0 fully saturated rings. The van der Waals surface area contributed by atoms with Crippen LogP contribution in [0.5, 0.6) is 0 Å². The van der Waals surface area contributed by atoms with Crippen LogP contribution in [0.25, 0.3) is 0 Å². The average Bonchev–Trinajstić information content (AvgIpc) is 2.69. The minimum Gasteiger partial charge on any atom is -0.347 e. The summed E-state index contributed by atoms with van der Waals surface area (Å²) in [5.41, 5.74) is 4.00. The van der Waals surface area contributed by atoms with E-state index < -0.39 is 0 Å². The number of nitrogens with one attached hydrogen (secondary N) is 1. The van der Waals surface area contributed by atoms with E-state index in [1.54, 1.807) is 6.20 Å². The molecule has 4 nitrogen and oxygen atoms in total. The van der Waals surface area contributed by atoms with E-state index in [2.05, 4.69) is 19.2 Å². The van der Waals surface area contributed by atoms with E-state index in [-0.39, 0.29) is 11.5 Å². The monoisotopic (exact) mass is 347 g/mol. The van der Waals surface area contributed by atoms with Crippen molar-refractivity contribution < 1.29 is 4.79 Å². The third-order valence-corrected chi connectivity index (χ3v) is 4.32. The van der Waals surface area contributed by atoms with Gasteiger partial charge in [0.25, 0.3) is 5.91 Å². The van der Waals surface area contributed by atoms with Crippen molar-refractivity contribution >= 4 is 17.3 Å². The Morgan fingerprint density at radius 3 is 2.15 bits per heavy atom. The Bertz CT molecular complexity index is 797. The topological polar surface area (TPSA) is 56.1 Å². The first-order chi connectivity index (χ1) is 12.6. The van der Waals surface area contributed by atoms with Crippen LogP contribution in [0.3, 0.4) is 0 Å². The quantitative estimate of drug-likeness (QED) is 0.584. The zero-order chi connectivity index (χ0) is 18.9. The molecule has 0 unspecified atom stereocenters. The Morgan fingerprint density at radius 2 is 1.65 bits per heavy atom. The maximum atomic E-state index is 12.7. The molecule has 1 amide bonds. The lowest BCUT2D eigenvalue weighted by Crippen LogP contribution is -2.21. The number of hydrogen-bond donors (Lipinski definition) is 1. The number of amides is 1. The van der Waals surface area contributed by atoms with Crippen LogP contribution < -0.4 is 10.2 Å². The Morgan fingerprint density at radius 1 is 1.04 bits per heavy atom. The van der Waals surface area contributed by atoms with Gasteiger partial charge < -0.3 is 10.2 Å². The van der Waals surface area contributed by atoms with Crippen LogP contribution in [0, 0.1) is 11.3 Å². The van der Waals surface area contributed by atoms with Gasteiger partial charge in [-0.1, -0.05) is 50.2 Å². The van der Waals surface area contributed by atoms with E-state index >= 15 is 0 Å². The summed E-state index contributed by atoms with van der Waals surface area (Å²) >= 11 is 0. The fourth-order valence-corrected chi connectivity index (χ4v) is 2.85. The number of rotatable bonds is 7. The van der Waals surface area contributed by atoms with Crippen molar-refractivity contribution in [2.75, 3.05) is 16.8 Å². The Balaban J connectivity index is 2.31. The van der Waals surface area contributed by atoms with Crippen LogP contribution in [0.2, 0.25) is 0 Å². The van der Waals surface area contributed by atoms with Crippen LogP contribution in [-0.4, -0.2) is 12.5 Å². The minimum atomic E-state index is -0.377. The molecule has 2 aromatic rings. The third kappa shape index (κ3) is 4.52. The summed E-state index contributed by atoms with van der Waals surface area (Å²) in [7, 11) is 0. The molecule has 0 bridgehead atoms. The standard InChI is InChI=1S/C22H25N3O/c1-4-17-11-10-12-18(5-2)21(17)24-22(26)19(15-23)16-25(6-3)20-13-8-7-9-14-20/h7-14,16H,4-6H2,1-3H3,(H,24,26)/b19-16-. The van der Waals surface area contributed by atoms with Gasteiger partial charge in [-0.25, -0.2) is 0 Å². The number of carbonyl (C=O) groups is 1. The third-order valence-electron chi connectivity index (χ3n) is 4.32. The van der Waals surface area contributed by atoms with Crippen molar-refractivity contribution in [2.24, 2.45) is 0 Å². The van der Waals surface area contributed by atoms with Gasteiger partial charge in [-0.2, -0.15) is 5.26 Å². The second kappa shape index (κ2) is 9.43. The summed E-state index contributed by atoms with van der Waals surface area (Å²) in [4.78, 5) is 14.6. The SMILES string of the molecule is CCc1cccc(CC)c1NC(=O)/C(C#N)=C\N(CC)c1ccccc1. The van der Waals surface area contributed by atoms with Gasteiger partial charge in [-0.3, -0.25) is 4.79 Å². The Labute approximate surface area is 155 Å². The predicted molar refractivity (Wildman–Crippen MR) is 107 cm³/mol. The molecule has 26 heavy (non-hydrogen) atoms. The van der Waals surface area contributed by atoms with Crippen molar-refractivity contribution in [2.45, 2.75) is 33.6 Å². The van der Waals surface area contributed by atoms with Crippen molar-refractivity contribution in [3.05, 3.63) is 71.4 Å². The Kier molecular flexibility index (Phi) is 6.99. The molecular weight excluding hydrogens is 322 g/mol. The number of nitrogens with zero attached hydrogens (tertiary/aromatic N) is 2. The van der Waals surface area contributed by atoms with Crippen molar-refractivity contribution in [3.63, 3.8) is 0 Å². The number of carbonyl (C=O) groups excluding carboxylic acids is 1. The molecule has 0 aliphatic carbocycles. The second-order valence-electron chi connectivity index (χ2n) is 5.89. The van der Waals surface area contributed by atoms with Gasteiger partial charge >= 0.3 is 0 Å². The van der Waals surface area contributed by atoms with E-state index in [0.29, 0.717) is 6.54 Å². The molecule has 0 heterocycles. The molecule has 0 aliphatic rings. The molecule has 0 saturated heterocycles. The van der Waals surface area contributed by atoms with Gasteiger partial charge in [0.15, 0.2) is 0 Å². The van der Waals surface area contributed by atoms with Gasteiger partial charge in [-0.05, 0) is 43.0 Å². The van der Waals surface area contributed by atoms with Crippen LogP contribution in [-0.2, 0) is 17.6 Å². The van der Waals surface area contributed by atoms with Gasteiger partial charge in [0.05, 0.1) is 0 Å². The van der Waals surface area contributed by atoms with Crippen LogP contribution in [0.4, 0.5) is 11.4 Å². The average molecular weight is 347 g/mol. The maximum absolute atomic E-state index is 12.7. The van der Waals surface area contributed by atoms with Crippen molar-refractivity contribution in [1.82, 2.24) is 0 Å². The number of benzene rings is 2. The summed E-state index contributed by atoms with van der Waals surface area (Å²) in [6, 6.07) is 17.8. The molecule has 134 valence electrons. The molecule has 2 rings (SSSR count). The van der Waals surface area contributed by atoms with Gasteiger partial charge in [0.1, 0.15) is 11.6 Å². The molecular formula is C22H25N3O. The molecule has 0 radical (unpaired) electrons. The first kappa shape index (κ1) is 19.3. The molecule has 0 atom stereocenters. The molecule has 4 heteroatoms. The van der Waals surface area contributed by atoms with E-state index in [4.69, 9.17) is 0 Å². The van der Waals surface area contributed by atoms with Crippen LogP contribution in [0.15, 0.2) is 60.3 Å². The van der Waals surface area contributed by atoms with Crippen molar-refractivity contribution in [3.8, 4) is 6.07 Å². The highest BCUT2D eigenvalue weighted by atomic mass is 16.1. The fraction of sp³-hybridized carbons (Fsp3) is 0.273.